The second kappa shape index (κ2) is 5.00. The summed E-state index contributed by atoms with van der Waals surface area (Å²) in [6, 6.07) is 6.73. The zero-order valence-electron chi connectivity index (χ0n) is 10.2. The Labute approximate surface area is 103 Å². The van der Waals surface area contributed by atoms with E-state index in [1.807, 2.05) is 6.92 Å². The van der Waals surface area contributed by atoms with Gasteiger partial charge in [0.05, 0.1) is 11.0 Å². The Balaban J connectivity index is 2.44. The van der Waals surface area contributed by atoms with Crippen molar-refractivity contribution in [3.63, 3.8) is 0 Å². The van der Waals surface area contributed by atoms with E-state index in [-0.39, 0.29) is 0 Å². The van der Waals surface area contributed by atoms with Gasteiger partial charge in [0.25, 0.3) is 0 Å². The van der Waals surface area contributed by atoms with E-state index in [0.717, 1.165) is 19.3 Å². The second-order valence-electron chi connectivity index (χ2n) is 4.28. The van der Waals surface area contributed by atoms with Crippen molar-refractivity contribution in [2.45, 2.75) is 38.9 Å². The number of aryl methyl sites for hydroxylation is 1. The molecule has 2 rings (SSSR count). The fourth-order valence-corrected chi connectivity index (χ4v) is 2.04. The van der Waals surface area contributed by atoms with Gasteiger partial charge in [-0.1, -0.05) is 31.9 Å². The molecule has 1 aromatic carbocycles. The summed E-state index contributed by atoms with van der Waals surface area (Å²) >= 11 is 0. The van der Waals surface area contributed by atoms with Crippen LogP contribution in [0.1, 0.15) is 32.0 Å². The third-order valence-corrected chi connectivity index (χ3v) is 2.89. The molecule has 0 unspecified atom stereocenters. The van der Waals surface area contributed by atoms with E-state index in [4.69, 9.17) is 0 Å². The number of alkyl halides is 3. The summed E-state index contributed by atoms with van der Waals surface area (Å²) in [4.78, 5) is 3.70. The van der Waals surface area contributed by atoms with Gasteiger partial charge >= 0.3 is 6.18 Å². The minimum atomic E-state index is -4.40. The number of fused-ring (bicyclic) bond motifs is 1. The van der Waals surface area contributed by atoms with Gasteiger partial charge in [-0.3, -0.25) is 0 Å². The van der Waals surface area contributed by atoms with Crippen LogP contribution < -0.4 is 0 Å². The van der Waals surface area contributed by atoms with Crippen LogP contribution in [0.25, 0.3) is 11.0 Å². The normalized spacial score (nSPS) is 12.2. The van der Waals surface area contributed by atoms with Gasteiger partial charge in [0.1, 0.15) is 0 Å². The van der Waals surface area contributed by atoms with Crippen molar-refractivity contribution >= 4 is 11.0 Å². The Morgan fingerprint density at radius 1 is 1.17 bits per heavy atom. The molecule has 98 valence electrons. The van der Waals surface area contributed by atoms with E-state index in [1.165, 1.54) is 4.57 Å². The lowest BCUT2D eigenvalue weighted by Gasteiger charge is -2.10. The molecule has 5 heteroatoms. The lowest BCUT2D eigenvalue weighted by molar-refractivity contribution is -0.146. The molecule has 18 heavy (non-hydrogen) atoms. The van der Waals surface area contributed by atoms with Crippen molar-refractivity contribution in [2.75, 3.05) is 0 Å². The summed E-state index contributed by atoms with van der Waals surface area (Å²) in [5.41, 5.74) is 0.960. The van der Waals surface area contributed by atoms with Crippen molar-refractivity contribution < 1.29 is 13.2 Å². The summed E-state index contributed by atoms with van der Waals surface area (Å²) in [7, 11) is 0. The first-order valence-corrected chi connectivity index (χ1v) is 6.06. The van der Waals surface area contributed by atoms with Gasteiger partial charge in [0.15, 0.2) is 0 Å². The Kier molecular flexibility index (Phi) is 3.59. The summed E-state index contributed by atoms with van der Waals surface area (Å²) in [5, 5.41) is 0. The van der Waals surface area contributed by atoms with E-state index < -0.39 is 12.0 Å². The number of para-hydroxylation sites is 2. The first-order valence-electron chi connectivity index (χ1n) is 6.06. The lowest BCUT2D eigenvalue weighted by atomic mass is 10.2. The summed E-state index contributed by atoms with van der Waals surface area (Å²) in [6.45, 7) is 2.39. The predicted octanol–water partition coefficient (Wildman–Crippen LogP) is 4.25. The molecule has 0 aliphatic carbocycles. The molecule has 0 aliphatic heterocycles. The van der Waals surface area contributed by atoms with Crippen LogP contribution in [0.5, 0.6) is 0 Å². The molecule has 0 bridgehead atoms. The first-order chi connectivity index (χ1) is 8.54. The van der Waals surface area contributed by atoms with Crippen LogP contribution in [-0.4, -0.2) is 9.55 Å². The van der Waals surface area contributed by atoms with Crippen molar-refractivity contribution in [2.24, 2.45) is 0 Å². The van der Waals surface area contributed by atoms with Gasteiger partial charge in [0, 0.05) is 6.54 Å². The summed E-state index contributed by atoms with van der Waals surface area (Å²) in [6.07, 6.45) is -1.76. The number of unbranched alkanes of at least 4 members (excludes halogenated alkanes) is 2. The van der Waals surface area contributed by atoms with Crippen molar-refractivity contribution in [3.8, 4) is 0 Å². The number of halogens is 3. The zero-order chi connectivity index (χ0) is 13.2. The number of hydrogen-bond donors (Lipinski definition) is 0. The SMILES string of the molecule is CCCCCn1c(C(F)(F)F)nc2ccccc21. The van der Waals surface area contributed by atoms with Crippen LogP contribution in [0.4, 0.5) is 13.2 Å². The topological polar surface area (TPSA) is 17.8 Å². The van der Waals surface area contributed by atoms with Gasteiger partial charge in [-0.2, -0.15) is 13.2 Å². The molecule has 1 aromatic heterocycles. The minimum absolute atomic E-state index is 0.364. The molecule has 2 aromatic rings. The maximum atomic E-state index is 12.9. The van der Waals surface area contributed by atoms with Gasteiger partial charge in [-0.05, 0) is 18.6 Å². The van der Waals surface area contributed by atoms with E-state index in [1.54, 1.807) is 24.3 Å². The molecule has 0 atom stereocenters. The molecule has 1 heterocycles. The number of hydrogen-bond acceptors (Lipinski definition) is 1. The maximum Gasteiger partial charge on any atom is 0.449 e. The molecular weight excluding hydrogens is 241 g/mol. The van der Waals surface area contributed by atoms with Gasteiger partial charge in [0.2, 0.25) is 5.82 Å². The highest BCUT2D eigenvalue weighted by Gasteiger charge is 2.37. The molecule has 0 amide bonds. The zero-order valence-corrected chi connectivity index (χ0v) is 10.2. The second-order valence-corrected chi connectivity index (χ2v) is 4.28. The molecule has 2 nitrogen and oxygen atoms in total. The fourth-order valence-electron chi connectivity index (χ4n) is 2.04. The standard InChI is InChI=1S/C13H15F3N2/c1-2-3-6-9-18-11-8-5-4-7-10(11)17-12(18)13(14,15)16/h4-5,7-8H,2-3,6,9H2,1H3. The number of benzene rings is 1. The summed E-state index contributed by atoms with van der Waals surface area (Å²) < 4.78 is 40.0. The average molecular weight is 256 g/mol. The smallest absolute Gasteiger partial charge is 0.320 e. The number of nitrogens with zero attached hydrogens (tertiary/aromatic N) is 2. The van der Waals surface area contributed by atoms with Crippen LogP contribution in [0, 0.1) is 0 Å². The highest BCUT2D eigenvalue weighted by Crippen LogP contribution is 2.31. The molecule has 0 radical (unpaired) electrons. The molecule has 0 spiro atoms. The van der Waals surface area contributed by atoms with Gasteiger partial charge < -0.3 is 4.57 Å². The van der Waals surface area contributed by atoms with E-state index >= 15 is 0 Å². The maximum absolute atomic E-state index is 12.9. The largest absolute Gasteiger partial charge is 0.449 e. The van der Waals surface area contributed by atoms with Crippen molar-refractivity contribution in [3.05, 3.63) is 30.1 Å². The van der Waals surface area contributed by atoms with Gasteiger partial charge in [-0.25, -0.2) is 4.98 Å². The molecule has 0 aliphatic rings. The number of aromatic nitrogens is 2. The third kappa shape index (κ3) is 2.49. The van der Waals surface area contributed by atoms with E-state index in [0.29, 0.717) is 17.6 Å². The van der Waals surface area contributed by atoms with Crippen molar-refractivity contribution in [1.29, 1.82) is 0 Å². The highest BCUT2D eigenvalue weighted by atomic mass is 19.4. The highest BCUT2D eigenvalue weighted by molar-refractivity contribution is 5.76. The fraction of sp³-hybridized carbons (Fsp3) is 0.462. The molecular formula is C13H15F3N2. The molecule has 0 saturated carbocycles. The Morgan fingerprint density at radius 2 is 1.89 bits per heavy atom. The summed E-state index contributed by atoms with van der Waals surface area (Å²) in [5.74, 6) is -0.792. The van der Waals surface area contributed by atoms with Crippen LogP contribution in [-0.2, 0) is 12.7 Å². The van der Waals surface area contributed by atoms with E-state index in [2.05, 4.69) is 4.98 Å². The number of rotatable bonds is 4. The quantitative estimate of drug-likeness (QED) is 0.748. The van der Waals surface area contributed by atoms with Crippen LogP contribution in [0.2, 0.25) is 0 Å². The monoisotopic (exact) mass is 256 g/mol. The number of imidazole rings is 1. The minimum Gasteiger partial charge on any atom is -0.320 e. The van der Waals surface area contributed by atoms with Gasteiger partial charge in [-0.15, -0.1) is 0 Å². The Hall–Kier alpha value is -1.52. The van der Waals surface area contributed by atoms with E-state index in [9.17, 15) is 13.2 Å². The predicted molar refractivity (Wildman–Crippen MR) is 64.3 cm³/mol. The Bertz CT molecular complexity index is 529. The lowest BCUT2D eigenvalue weighted by Crippen LogP contribution is -2.15. The van der Waals surface area contributed by atoms with Crippen LogP contribution >= 0.6 is 0 Å². The van der Waals surface area contributed by atoms with Crippen molar-refractivity contribution in [1.82, 2.24) is 9.55 Å². The molecule has 0 N–H and O–H groups in total. The van der Waals surface area contributed by atoms with Crippen LogP contribution in [0.15, 0.2) is 24.3 Å². The third-order valence-electron chi connectivity index (χ3n) is 2.89. The average Bonchev–Trinajstić information content (AvgIpc) is 2.69. The molecule has 0 saturated heterocycles. The molecule has 0 fully saturated rings. The first kappa shape index (κ1) is 12.9. The Morgan fingerprint density at radius 3 is 2.56 bits per heavy atom. The van der Waals surface area contributed by atoms with Crippen LogP contribution in [0.3, 0.4) is 0 Å².